The Balaban J connectivity index is 1.83. The van der Waals surface area contributed by atoms with E-state index < -0.39 is 0 Å². The Morgan fingerprint density at radius 3 is 2.67 bits per heavy atom. The molecular weight excluding hydrogens is 230 g/mol. The summed E-state index contributed by atoms with van der Waals surface area (Å²) in [6, 6.07) is 3.81. The molecular formula is C13H21N3O2. The van der Waals surface area contributed by atoms with E-state index >= 15 is 0 Å². The first-order valence-electron chi connectivity index (χ1n) is 6.36. The van der Waals surface area contributed by atoms with Crippen LogP contribution in [0.15, 0.2) is 18.3 Å². The highest BCUT2D eigenvalue weighted by Gasteiger charge is 2.24. The Morgan fingerprint density at radius 2 is 2.11 bits per heavy atom. The summed E-state index contributed by atoms with van der Waals surface area (Å²) in [7, 11) is 0. The minimum absolute atomic E-state index is 0.274. The molecule has 2 atom stereocenters. The van der Waals surface area contributed by atoms with Gasteiger partial charge in [0.05, 0.1) is 24.9 Å². The molecule has 1 aromatic rings. The maximum atomic E-state index is 5.91. The average molecular weight is 251 g/mol. The summed E-state index contributed by atoms with van der Waals surface area (Å²) < 4.78 is 11.6. The van der Waals surface area contributed by atoms with Crippen molar-refractivity contribution in [1.29, 1.82) is 0 Å². The van der Waals surface area contributed by atoms with Crippen molar-refractivity contribution in [2.45, 2.75) is 51.6 Å². The van der Waals surface area contributed by atoms with E-state index in [0.717, 1.165) is 18.4 Å². The summed E-state index contributed by atoms with van der Waals surface area (Å²) in [4.78, 5) is 4.15. The highest BCUT2D eigenvalue weighted by Crippen LogP contribution is 2.22. The van der Waals surface area contributed by atoms with Gasteiger partial charge >= 0.3 is 0 Å². The number of rotatable bonds is 4. The number of hydrogen-bond donors (Lipinski definition) is 2. The summed E-state index contributed by atoms with van der Waals surface area (Å²) in [5.74, 6) is 5.92. The summed E-state index contributed by atoms with van der Waals surface area (Å²) in [6.07, 6.45) is 4.53. The van der Waals surface area contributed by atoms with Gasteiger partial charge in [-0.15, -0.1) is 0 Å². The molecule has 0 aromatic carbocycles. The van der Waals surface area contributed by atoms with Crippen molar-refractivity contribution in [1.82, 2.24) is 4.98 Å². The third kappa shape index (κ3) is 3.66. The van der Waals surface area contributed by atoms with Crippen LogP contribution in [0.3, 0.4) is 0 Å². The predicted molar refractivity (Wildman–Crippen MR) is 69.9 cm³/mol. The van der Waals surface area contributed by atoms with Gasteiger partial charge in [-0.2, -0.15) is 0 Å². The minimum Gasteiger partial charge on any atom is -0.375 e. The van der Waals surface area contributed by atoms with Crippen LogP contribution in [0, 0.1) is 0 Å². The number of nitrogens with one attached hydrogen (secondary N) is 1. The fraction of sp³-hybridized carbons (Fsp3) is 0.615. The molecule has 5 nitrogen and oxygen atoms in total. The van der Waals surface area contributed by atoms with Crippen LogP contribution in [0.1, 0.15) is 32.3 Å². The van der Waals surface area contributed by atoms with Crippen molar-refractivity contribution >= 4 is 5.82 Å². The summed E-state index contributed by atoms with van der Waals surface area (Å²) in [5, 5.41) is 0. The van der Waals surface area contributed by atoms with Gasteiger partial charge in [-0.1, -0.05) is 6.07 Å². The number of hydrogen-bond acceptors (Lipinski definition) is 5. The molecule has 0 saturated carbocycles. The Labute approximate surface area is 108 Å². The highest BCUT2D eigenvalue weighted by atomic mass is 16.5. The largest absolute Gasteiger partial charge is 0.375 e. The van der Waals surface area contributed by atoms with Crippen LogP contribution in [0.4, 0.5) is 5.82 Å². The lowest BCUT2D eigenvalue weighted by atomic mass is 10.0. The van der Waals surface area contributed by atoms with E-state index in [0.29, 0.717) is 12.4 Å². The van der Waals surface area contributed by atoms with E-state index in [-0.39, 0.29) is 18.3 Å². The fourth-order valence-corrected chi connectivity index (χ4v) is 2.29. The quantitative estimate of drug-likeness (QED) is 0.631. The van der Waals surface area contributed by atoms with Gasteiger partial charge in [-0.25, -0.2) is 10.8 Å². The van der Waals surface area contributed by atoms with Gasteiger partial charge in [0.25, 0.3) is 0 Å². The van der Waals surface area contributed by atoms with E-state index in [1.165, 1.54) is 0 Å². The molecule has 0 spiro atoms. The Hall–Kier alpha value is -1.17. The van der Waals surface area contributed by atoms with Crippen LogP contribution in [0.5, 0.6) is 0 Å². The van der Waals surface area contributed by atoms with Gasteiger partial charge in [-0.3, -0.25) is 0 Å². The predicted octanol–water partition coefficient (Wildman–Crippen LogP) is 1.84. The number of pyridine rings is 1. The van der Waals surface area contributed by atoms with Crippen molar-refractivity contribution < 1.29 is 9.47 Å². The smallest absolute Gasteiger partial charge is 0.139 e. The zero-order valence-corrected chi connectivity index (χ0v) is 10.9. The van der Waals surface area contributed by atoms with Crippen molar-refractivity contribution in [3.63, 3.8) is 0 Å². The maximum Gasteiger partial charge on any atom is 0.139 e. The van der Waals surface area contributed by atoms with Crippen LogP contribution >= 0.6 is 0 Å². The van der Waals surface area contributed by atoms with Gasteiger partial charge < -0.3 is 14.9 Å². The molecule has 1 aliphatic heterocycles. The maximum absolute atomic E-state index is 5.91. The molecule has 2 heterocycles. The molecule has 0 radical (unpaired) electrons. The van der Waals surface area contributed by atoms with Gasteiger partial charge in [-0.05, 0) is 38.3 Å². The number of nitrogen functional groups attached to an aromatic ring is 1. The molecule has 0 amide bonds. The molecule has 1 fully saturated rings. The zero-order valence-electron chi connectivity index (χ0n) is 10.9. The molecule has 5 heteroatoms. The van der Waals surface area contributed by atoms with Crippen molar-refractivity contribution in [2.75, 3.05) is 5.43 Å². The molecule has 0 bridgehead atoms. The van der Waals surface area contributed by atoms with Crippen LogP contribution in [-0.2, 0) is 16.1 Å². The third-order valence-electron chi connectivity index (χ3n) is 3.11. The van der Waals surface area contributed by atoms with Crippen LogP contribution in [0.2, 0.25) is 0 Å². The molecule has 2 rings (SSSR count). The Bertz CT molecular complexity index is 359. The minimum atomic E-state index is 0.274. The van der Waals surface area contributed by atoms with Crippen LogP contribution in [-0.4, -0.2) is 23.3 Å². The normalized spacial score (nSPS) is 28.1. The second-order valence-electron chi connectivity index (χ2n) is 4.86. The van der Waals surface area contributed by atoms with E-state index in [1.807, 2.05) is 12.1 Å². The third-order valence-corrected chi connectivity index (χ3v) is 3.11. The lowest BCUT2D eigenvalue weighted by molar-refractivity contribution is -0.106. The Kier molecular flexibility index (Phi) is 4.52. The van der Waals surface area contributed by atoms with Crippen LogP contribution in [0.25, 0.3) is 0 Å². The molecule has 3 N–H and O–H groups in total. The SMILES string of the molecule is CC1CC(OCc2ccc(NN)nc2)CC(C)O1. The molecule has 0 aliphatic carbocycles. The van der Waals surface area contributed by atoms with E-state index in [2.05, 4.69) is 24.3 Å². The molecule has 1 saturated heterocycles. The lowest BCUT2D eigenvalue weighted by Crippen LogP contribution is -2.33. The standard InChI is InChI=1S/C13H21N3O2/c1-9-5-12(6-10(2)18-9)17-8-11-3-4-13(16-14)15-7-11/h3-4,7,9-10,12H,5-6,8,14H2,1-2H3,(H,15,16). The summed E-state index contributed by atoms with van der Waals surface area (Å²) >= 11 is 0. The first-order chi connectivity index (χ1) is 8.67. The van der Waals surface area contributed by atoms with Crippen molar-refractivity contribution in [3.05, 3.63) is 23.9 Å². The van der Waals surface area contributed by atoms with E-state index in [9.17, 15) is 0 Å². The van der Waals surface area contributed by atoms with Gasteiger partial charge in [0.1, 0.15) is 5.82 Å². The number of ether oxygens (including phenoxy) is 2. The van der Waals surface area contributed by atoms with Gasteiger partial charge in [0, 0.05) is 6.20 Å². The van der Waals surface area contributed by atoms with Crippen molar-refractivity contribution in [3.8, 4) is 0 Å². The molecule has 1 aliphatic rings. The van der Waals surface area contributed by atoms with E-state index in [4.69, 9.17) is 15.3 Å². The molecule has 100 valence electrons. The van der Waals surface area contributed by atoms with Crippen molar-refractivity contribution in [2.24, 2.45) is 5.84 Å². The number of aromatic nitrogens is 1. The fourth-order valence-electron chi connectivity index (χ4n) is 2.29. The average Bonchev–Trinajstić information content (AvgIpc) is 2.36. The van der Waals surface area contributed by atoms with Crippen LogP contribution < -0.4 is 11.3 Å². The second kappa shape index (κ2) is 6.13. The lowest BCUT2D eigenvalue weighted by Gasteiger charge is -2.32. The monoisotopic (exact) mass is 251 g/mol. The number of hydrazine groups is 1. The molecule has 18 heavy (non-hydrogen) atoms. The summed E-state index contributed by atoms with van der Waals surface area (Å²) in [5.41, 5.74) is 3.56. The first kappa shape index (κ1) is 13.3. The van der Waals surface area contributed by atoms with Gasteiger partial charge in [0.15, 0.2) is 0 Å². The summed E-state index contributed by atoms with van der Waals surface area (Å²) in [6.45, 7) is 4.77. The van der Waals surface area contributed by atoms with E-state index in [1.54, 1.807) is 6.20 Å². The molecule has 1 aromatic heterocycles. The highest BCUT2D eigenvalue weighted by molar-refractivity contribution is 5.33. The zero-order chi connectivity index (χ0) is 13.0. The first-order valence-corrected chi connectivity index (χ1v) is 6.36. The number of anilines is 1. The number of nitrogens with two attached hydrogens (primary N) is 1. The van der Waals surface area contributed by atoms with Gasteiger partial charge in [0.2, 0.25) is 0 Å². The molecule has 2 unspecified atom stereocenters. The topological polar surface area (TPSA) is 69.4 Å². The number of nitrogens with zero attached hydrogens (tertiary/aromatic N) is 1. The Morgan fingerprint density at radius 1 is 1.39 bits per heavy atom. The second-order valence-corrected chi connectivity index (χ2v) is 4.86.